The minimum atomic E-state index is 0.419. The van der Waals surface area contributed by atoms with E-state index in [0.29, 0.717) is 12.6 Å². The molecular weight excluding hydrogens is 150 g/mol. The molecule has 0 aromatic carbocycles. The van der Waals surface area contributed by atoms with Gasteiger partial charge in [0.2, 0.25) is 0 Å². The molecule has 0 aliphatic heterocycles. The highest BCUT2D eigenvalue weighted by atomic mass is 15.1. The van der Waals surface area contributed by atoms with E-state index in [4.69, 9.17) is 5.73 Å². The fourth-order valence-corrected chi connectivity index (χ4v) is 1.43. The SMILES string of the molecule is CCc1nccn1C(CC)CN. The van der Waals surface area contributed by atoms with E-state index in [-0.39, 0.29) is 0 Å². The van der Waals surface area contributed by atoms with Gasteiger partial charge < -0.3 is 10.3 Å². The molecule has 0 radical (unpaired) electrons. The molecule has 68 valence electrons. The lowest BCUT2D eigenvalue weighted by Crippen LogP contribution is -2.19. The molecule has 0 bridgehead atoms. The van der Waals surface area contributed by atoms with Gasteiger partial charge in [0.05, 0.1) is 0 Å². The maximum absolute atomic E-state index is 5.65. The van der Waals surface area contributed by atoms with Gasteiger partial charge in [0.25, 0.3) is 0 Å². The lowest BCUT2D eigenvalue weighted by atomic mass is 10.2. The Morgan fingerprint density at radius 2 is 2.33 bits per heavy atom. The second-order valence-electron chi connectivity index (χ2n) is 2.90. The third-order valence-electron chi connectivity index (χ3n) is 2.20. The molecule has 12 heavy (non-hydrogen) atoms. The van der Waals surface area contributed by atoms with Gasteiger partial charge in [0, 0.05) is 31.4 Å². The van der Waals surface area contributed by atoms with Crippen molar-refractivity contribution >= 4 is 0 Å². The molecule has 2 N–H and O–H groups in total. The quantitative estimate of drug-likeness (QED) is 0.735. The Morgan fingerprint density at radius 1 is 1.58 bits per heavy atom. The molecule has 1 heterocycles. The Hall–Kier alpha value is -0.830. The second kappa shape index (κ2) is 4.26. The summed E-state index contributed by atoms with van der Waals surface area (Å²) in [6.07, 6.45) is 5.90. The van der Waals surface area contributed by atoms with Crippen molar-refractivity contribution in [3.8, 4) is 0 Å². The molecule has 0 aliphatic carbocycles. The summed E-state index contributed by atoms with van der Waals surface area (Å²) in [5.41, 5.74) is 5.65. The highest BCUT2D eigenvalue weighted by Gasteiger charge is 2.08. The van der Waals surface area contributed by atoms with Crippen LogP contribution in [-0.2, 0) is 6.42 Å². The molecule has 1 rings (SSSR count). The van der Waals surface area contributed by atoms with Crippen LogP contribution in [0.25, 0.3) is 0 Å². The van der Waals surface area contributed by atoms with E-state index in [9.17, 15) is 0 Å². The van der Waals surface area contributed by atoms with E-state index < -0.39 is 0 Å². The van der Waals surface area contributed by atoms with E-state index in [2.05, 4.69) is 23.4 Å². The molecule has 3 nitrogen and oxygen atoms in total. The van der Waals surface area contributed by atoms with Crippen LogP contribution >= 0.6 is 0 Å². The summed E-state index contributed by atoms with van der Waals surface area (Å²) in [6.45, 7) is 4.96. The fourth-order valence-electron chi connectivity index (χ4n) is 1.43. The molecule has 0 saturated carbocycles. The van der Waals surface area contributed by atoms with Gasteiger partial charge in [-0.15, -0.1) is 0 Å². The largest absolute Gasteiger partial charge is 0.331 e. The minimum Gasteiger partial charge on any atom is -0.331 e. The van der Waals surface area contributed by atoms with Crippen LogP contribution in [0.3, 0.4) is 0 Å². The molecule has 0 spiro atoms. The Bertz CT molecular complexity index is 225. The topological polar surface area (TPSA) is 43.8 Å². The van der Waals surface area contributed by atoms with Crippen LogP contribution in [0.4, 0.5) is 0 Å². The van der Waals surface area contributed by atoms with Crippen LogP contribution < -0.4 is 5.73 Å². The third kappa shape index (κ3) is 1.67. The van der Waals surface area contributed by atoms with E-state index in [1.807, 2.05) is 12.4 Å². The number of hydrogen-bond acceptors (Lipinski definition) is 2. The zero-order valence-electron chi connectivity index (χ0n) is 7.83. The predicted octanol–water partition coefficient (Wildman–Crippen LogP) is 1.36. The second-order valence-corrected chi connectivity index (χ2v) is 2.90. The molecule has 1 aromatic rings. The first-order valence-corrected chi connectivity index (χ1v) is 4.55. The van der Waals surface area contributed by atoms with Crippen LogP contribution in [0.2, 0.25) is 0 Å². The summed E-state index contributed by atoms with van der Waals surface area (Å²) < 4.78 is 2.18. The zero-order valence-corrected chi connectivity index (χ0v) is 7.83. The van der Waals surface area contributed by atoms with Gasteiger partial charge >= 0.3 is 0 Å². The summed E-state index contributed by atoms with van der Waals surface area (Å²) in [5, 5.41) is 0. The summed E-state index contributed by atoms with van der Waals surface area (Å²) in [7, 11) is 0. The number of rotatable bonds is 4. The van der Waals surface area contributed by atoms with Gasteiger partial charge in [0.15, 0.2) is 0 Å². The first kappa shape index (κ1) is 9.26. The number of aromatic nitrogens is 2. The molecular formula is C9H17N3. The molecule has 0 aliphatic rings. The average Bonchev–Trinajstić information content (AvgIpc) is 2.55. The normalized spacial score (nSPS) is 13.2. The molecule has 1 atom stereocenters. The number of imidazole rings is 1. The lowest BCUT2D eigenvalue weighted by molar-refractivity contribution is 0.479. The van der Waals surface area contributed by atoms with E-state index in [1.165, 1.54) is 0 Å². The Morgan fingerprint density at radius 3 is 2.83 bits per heavy atom. The predicted molar refractivity (Wildman–Crippen MR) is 50.0 cm³/mol. The van der Waals surface area contributed by atoms with Crippen molar-refractivity contribution in [3.63, 3.8) is 0 Å². The Balaban J connectivity index is 2.83. The van der Waals surface area contributed by atoms with Gasteiger partial charge in [-0.05, 0) is 6.42 Å². The maximum atomic E-state index is 5.65. The molecule has 1 aromatic heterocycles. The van der Waals surface area contributed by atoms with E-state index in [0.717, 1.165) is 18.7 Å². The minimum absolute atomic E-state index is 0.419. The molecule has 3 heteroatoms. The van der Waals surface area contributed by atoms with Crippen LogP contribution in [0.1, 0.15) is 32.1 Å². The molecule has 0 fully saturated rings. The van der Waals surface area contributed by atoms with Gasteiger partial charge in [-0.2, -0.15) is 0 Å². The summed E-state index contributed by atoms with van der Waals surface area (Å²) in [4.78, 5) is 4.26. The average molecular weight is 167 g/mol. The van der Waals surface area contributed by atoms with Gasteiger partial charge in [0.1, 0.15) is 5.82 Å². The number of aryl methyl sites for hydroxylation is 1. The van der Waals surface area contributed by atoms with E-state index in [1.54, 1.807) is 0 Å². The highest BCUT2D eigenvalue weighted by Crippen LogP contribution is 2.12. The smallest absolute Gasteiger partial charge is 0.108 e. The summed E-state index contributed by atoms with van der Waals surface area (Å²) in [5.74, 6) is 1.13. The zero-order chi connectivity index (χ0) is 8.97. The Kier molecular flexibility index (Phi) is 3.29. The number of nitrogens with zero attached hydrogens (tertiary/aromatic N) is 2. The summed E-state index contributed by atoms with van der Waals surface area (Å²) >= 11 is 0. The molecule has 0 amide bonds. The number of hydrogen-bond donors (Lipinski definition) is 1. The monoisotopic (exact) mass is 167 g/mol. The van der Waals surface area contributed by atoms with Crippen LogP contribution in [0.15, 0.2) is 12.4 Å². The summed E-state index contributed by atoms with van der Waals surface area (Å²) in [6, 6.07) is 0.419. The lowest BCUT2D eigenvalue weighted by Gasteiger charge is -2.16. The standard InChI is InChI=1S/C9H17N3/c1-3-8(7-10)12-6-5-11-9(12)4-2/h5-6,8H,3-4,7,10H2,1-2H3. The van der Waals surface area contributed by atoms with E-state index >= 15 is 0 Å². The van der Waals surface area contributed by atoms with Gasteiger partial charge in [-0.3, -0.25) is 0 Å². The van der Waals surface area contributed by atoms with Crippen molar-refractivity contribution in [1.82, 2.24) is 9.55 Å². The van der Waals surface area contributed by atoms with Crippen molar-refractivity contribution in [3.05, 3.63) is 18.2 Å². The first-order chi connectivity index (χ1) is 5.83. The van der Waals surface area contributed by atoms with Gasteiger partial charge in [-0.1, -0.05) is 13.8 Å². The number of nitrogens with two attached hydrogens (primary N) is 1. The van der Waals surface area contributed by atoms with Crippen molar-refractivity contribution in [1.29, 1.82) is 0 Å². The van der Waals surface area contributed by atoms with Crippen LogP contribution in [0, 0.1) is 0 Å². The maximum Gasteiger partial charge on any atom is 0.108 e. The Labute approximate surface area is 73.6 Å². The van der Waals surface area contributed by atoms with Crippen molar-refractivity contribution in [2.45, 2.75) is 32.7 Å². The molecule has 0 saturated heterocycles. The molecule has 1 unspecified atom stereocenters. The fraction of sp³-hybridized carbons (Fsp3) is 0.667. The van der Waals surface area contributed by atoms with Gasteiger partial charge in [-0.25, -0.2) is 4.98 Å². The van der Waals surface area contributed by atoms with Crippen LogP contribution in [-0.4, -0.2) is 16.1 Å². The first-order valence-electron chi connectivity index (χ1n) is 4.55. The highest BCUT2D eigenvalue weighted by molar-refractivity contribution is 4.94. The van der Waals surface area contributed by atoms with Crippen molar-refractivity contribution < 1.29 is 0 Å². The van der Waals surface area contributed by atoms with Crippen molar-refractivity contribution in [2.24, 2.45) is 5.73 Å². The van der Waals surface area contributed by atoms with Crippen LogP contribution in [0.5, 0.6) is 0 Å². The van der Waals surface area contributed by atoms with Crippen molar-refractivity contribution in [2.75, 3.05) is 6.54 Å². The third-order valence-corrected chi connectivity index (χ3v) is 2.20.